The molecule has 160 valence electrons. The predicted molar refractivity (Wildman–Crippen MR) is 118 cm³/mol. The molecule has 0 spiro atoms. The molecule has 1 atom stereocenters. The minimum atomic E-state index is -1.10. The Balaban J connectivity index is 1.76. The van der Waals surface area contributed by atoms with Crippen LogP contribution in [0.15, 0.2) is 30.3 Å². The lowest BCUT2D eigenvalue weighted by atomic mass is 9.91. The van der Waals surface area contributed by atoms with Crippen LogP contribution < -0.4 is 10.2 Å². The summed E-state index contributed by atoms with van der Waals surface area (Å²) < 4.78 is 1.69. The molecule has 6 nitrogen and oxygen atoms in total. The van der Waals surface area contributed by atoms with Crippen LogP contribution in [0.2, 0.25) is 5.02 Å². The van der Waals surface area contributed by atoms with E-state index >= 15 is 0 Å². The highest BCUT2D eigenvalue weighted by Crippen LogP contribution is 2.35. The Kier molecular flexibility index (Phi) is 5.62. The molecule has 1 aromatic carbocycles. The van der Waals surface area contributed by atoms with E-state index in [1.807, 2.05) is 32.9 Å². The molecule has 2 aliphatic rings. The number of hydrogen-bond acceptors (Lipinski definition) is 3. The second-order valence-corrected chi connectivity index (χ2v) is 9.41. The molecule has 1 N–H and O–H groups in total. The van der Waals surface area contributed by atoms with Crippen molar-refractivity contribution in [1.29, 1.82) is 0 Å². The van der Waals surface area contributed by atoms with Crippen molar-refractivity contribution in [3.05, 3.63) is 46.7 Å². The molecule has 1 fully saturated rings. The highest BCUT2D eigenvalue weighted by molar-refractivity contribution is 6.31. The van der Waals surface area contributed by atoms with Gasteiger partial charge < -0.3 is 5.32 Å². The quantitative estimate of drug-likeness (QED) is 0.777. The highest BCUT2D eigenvalue weighted by Gasteiger charge is 2.49. The maximum atomic E-state index is 13.6. The number of rotatable bonds is 4. The number of benzene rings is 1. The van der Waals surface area contributed by atoms with E-state index in [9.17, 15) is 9.59 Å². The SMILES string of the molecule is CC(C)c1cc2n(n1)C[C@@](C)(C(=O)NC1CCCCC1)N(c1cccc(Cl)c1)C2=O. The summed E-state index contributed by atoms with van der Waals surface area (Å²) in [5.41, 5.74) is 0.863. The zero-order valence-corrected chi connectivity index (χ0v) is 18.6. The number of carbonyl (C=O) groups is 2. The largest absolute Gasteiger partial charge is 0.351 e. The Morgan fingerprint density at radius 1 is 1.23 bits per heavy atom. The molecule has 30 heavy (non-hydrogen) atoms. The highest BCUT2D eigenvalue weighted by atomic mass is 35.5. The Morgan fingerprint density at radius 3 is 2.63 bits per heavy atom. The van der Waals surface area contributed by atoms with Gasteiger partial charge in [0.1, 0.15) is 11.2 Å². The van der Waals surface area contributed by atoms with Gasteiger partial charge >= 0.3 is 0 Å². The smallest absolute Gasteiger partial charge is 0.277 e. The van der Waals surface area contributed by atoms with Crippen LogP contribution >= 0.6 is 11.6 Å². The molecular weight excluding hydrogens is 400 g/mol. The molecule has 2 amide bonds. The van der Waals surface area contributed by atoms with Gasteiger partial charge in [-0.1, -0.05) is 50.8 Å². The van der Waals surface area contributed by atoms with Crippen molar-refractivity contribution in [2.24, 2.45) is 0 Å². The summed E-state index contributed by atoms with van der Waals surface area (Å²) in [6.07, 6.45) is 5.43. The number of fused-ring (bicyclic) bond motifs is 1. The number of nitrogens with one attached hydrogen (secondary N) is 1. The zero-order valence-electron chi connectivity index (χ0n) is 17.8. The van der Waals surface area contributed by atoms with Gasteiger partial charge in [-0.2, -0.15) is 5.10 Å². The summed E-state index contributed by atoms with van der Waals surface area (Å²) in [4.78, 5) is 28.8. The van der Waals surface area contributed by atoms with Crippen molar-refractivity contribution < 1.29 is 9.59 Å². The number of carbonyl (C=O) groups excluding carboxylic acids is 2. The zero-order chi connectivity index (χ0) is 21.5. The number of nitrogens with zero attached hydrogens (tertiary/aromatic N) is 3. The fraction of sp³-hybridized carbons (Fsp3) is 0.522. The normalized spacial score (nSPS) is 22.3. The first-order valence-corrected chi connectivity index (χ1v) is 11.2. The summed E-state index contributed by atoms with van der Waals surface area (Å²) in [6.45, 7) is 6.21. The van der Waals surface area contributed by atoms with Gasteiger partial charge in [0, 0.05) is 16.8 Å². The first-order valence-electron chi connectivity index (χ1n) is 10.8. The minimum Gasteiger partial charge on any atom is -0.351 e. The van der Waals surface area contributed by atoms with Crippen LogP contribution in [0.3, 0.4) is 0 Å². The Bertz CT molecular complexity index is 964. The van der Waals surface area contributed by atoms with Crippen molar-refractivity contribution in [3.8, 4) is 0 Å². The van der Waals surface area contributed by atoms with E-state index in [1.54, 1.807) is 27.8 Å². The van der Waals surface area contributed by atoms with Crippen LogP contribution in [0.25, 0.3) is 0 Å². The van der Waals surface area contributed by atoms with E-state index in [1.165, 1.54) is 6.42 Å². The fourth-order valence-electron chi connectivity index (χ4n) is 4.49. The monoisotopic (exact) mass is 428 g/mol. The van der Waals surface area contributed by atoms with Gasteiger partial charge in [-0.25, -0.2) is 0 Å². The number of hydrogen-bond donors (Lipinski definition) is 1. The Labute approximate surface area is 182 Å². The second kappa shape index (κ2) is 8.06. The third kappa shape index (κ3) is 3.73. The molecule has 1 aliphatic heterocycles. The number of aromatic nitrogens is 2. The van der Waals surface area contributed by atoms with Gasteiger partial charge in [-0.15, -0.1) is 0 Å². The molecular formula is C23H29ClN4O2. The average Bonchev–Trinajstić information content (AvgIpc) is 3.13. The van der Waals surface area contributed by atoms with Gasteiger partial charge in [0.05, 0.1) is 12.2 Å². The van der Waals surface area contributed by atoms with Gasteiger partial charge in [-0.3, -0.25) is 19.2 Å². The summed E-state index contributed by atoms with van der Waals surface area (Å²) >= 11 is 6.23. The van der Waals surface area contributed by atoms with Crippen molar-refractivity contribution in [1.82, 2.24) is 15.1 Å². The molecule has 0 unspecified atom stereocenters. The van der Waals surface area contributed by atoms with Crippen molar-refractivity contribution in [2.75, 3.05) is 4.90 Å². The second-order valence-electron chi connectivity index (χ2n) is 8.97. The molecule has 7 heteroatoms. The maximum Gasteiger partial charge on any atom is 0.277 e. The van der Waals surface area contributed by atoms with E-state index in [2.05, 4.69) is 10.4 Å². The van der Waals surface area contributed by atoms with Crippen LogP contribution in [0.1, 0.15) is 75.0 Å². The van der Waals surface area contributed by atoms with E-state index < -0.39 is 5.54 Å². The molecule has 0 radical (unpaired) electrons. The first-order chi connectivity index (χ1) is 14.3. The van der Waals surface area contributed by atoms with Gasteiger partial charge in [-0.05, 0) is 49.9 Å². The molecule has 2 heterocycles. The topological polar surface area (TPSA) is 67.2 Å². The van der Waals surface area contributed by atoms with Crippen LogP contribution in [-0.2, 0) is 11.3 Å². The molecule has 1 aromatic heterocycles. The minimum absolute atomic E-state index is 0.144. The fourth-order valence-corrected chi connectivity index (χ4v) is 4.68. The van der Waals surface area contributed by atoms with E-state index in [0.29, 0.717) is 22.9 Å². The van der Waals surface area contributed by atoms with E-state index in [4.69, 9.17) is 11.6 Å². The summed E-state index contributed by atoms with van der Waals surface area (Å²) in [6, 6.07) is 9.12. The maximum absolute atomic E-state index is 13.6. The summed E-state index contributed by atoms with van der Waals surface area (Å²) in [5.74, 6) is -0.183. The predicted octanol–water partition coefficient (Wildman–Crippen LogP) is 4.53. The van der Waals surface area contributed by atoms with Crippen molar-refractivity contribution in [2.45, 2.75) is 76.9 Å². The van der Waals surface area contributed by atoms with Gasteiger partial charge in [0.2, 0.25) is 5.91 Å². The van der Waals surface area contributed by atoms with Crippen LogP contribution in [0.4, 0.5) is 5.69 Å². The number of halogens is 1. The van der Waals surface area contributed by atoms with Crippen molar-refractivity contribution >= 4 is 29.1 Å². The third-order valence-electron chi connectivity index (χ3n) is 6.26. The molecule has 0 saturated heterocycles. The van der Waals surface area contributed by atoms with Crippen LogP contribution in [0.5, 0.6) is 0 Å². The Hall–Kier alpha value is -2.34. The molecule has 2 aromatic rings. The van der Waals surface area contributed by atoms with Gasteiger partial charge in [0.25, 0.3) is 5.91 Å². The lowest BCUT2D eigenvalue weighted by Crippen LogP contribution is -2.65. The van der Waals surface area contributed by atoms with Gasteiger partial charge in [0.15, 0.2) is 0 Å². The molecule has 0 bridgehead atoms. The standard InChI is InChI=1S/C23H29ClN4O2/c1-15(2)19-13-20-21(29)28(18-11-7-8-16(24)12-18)23(3,14-27(20)26-19)22(30)25-17-9-5-4-6-10-17/h7-8,11-13,15,17H,4-6,9-10,14H2,1-3H3,(H,25,30)/t23-/m0/s1. The van der Waals surface area contributed by atoms with Crippen LogP contribution in [0, 0.1) is 0 Å². The molecule has 1 aliphatic carbocycles. The molecule has 1 saturated carbocycles. The lowest BCUT2D eigenvalue weighted by molar-refractivity contribution is -0.127. The van der Waals surface area contributed by atoms with E-state index in [-0.39, 0.29) is 23.8 Å². The van der Waals surface area contributed by atoms with E-state index in [0.717, 1.165) is 31.4 Å². The summed E-state index contributed by atoms with van der Waals surface area (Å²) in [7, 11) is 0. The number of anilines is 1. The number of amides is 2. The van der Waals surface area contributed by atoms with Crippen LogP contribution in [-0.4, -0.2) is 33.2 Å². The third-order valence-corrected chi connectivity index (χ3v) is 6.49. The first kappa shape index (κ1) is 20.9. The summed E-state index contributed by atoms with van der Waals surface area (Å²) in [5, 5.41) is 8.38. The lowest BCUT2D eigenvalue weighted by Gasteiger charge is -2.44. The Morgan fingerprint density at radius 2 is 1.97 bits per heavy atom. The average molecular weight is 429 g/mol. The molecule has 4 rings (SSSR count). The van der Waals surface area contributed by atoms with Crippen molar-refractivity contribution in [3.63, 3.8) is 0 Å².